The number of allylic oxidation sites excluding steroid dienone is 1. The van der Waals surface area contributed by atoms with Crippen LogP contribution in [0.1, 0.15) is 23.4 Å². The second kappa shape index (κ2) is 6.88. The molecule has 0 aliphatic carbocycles. The van der Waals surface area contributed by atoms with Crippen molar-refractivity contribution in [3.8, 4) is 0 Å². The number of rotatable bonds is 5. The molecule has 1 aromatic heterocycles. The molecule has 3 aromatic rings. The number of halogens is 2. The van der Waals surface area contributed by atoms with Gasteiger partial charge in [0.15, 0.2) is 11.6 Å². The number of para-hydroxylation sites is 1. The van der Waals surface area contributed by atoms with Gasteiger partial charge in [0.2, 0.25) is 0 Å². The van der Waals surface area contributed by atoms with Crippen molar-refractivity contribution in [3.05, 3.63) is 64.7 Å². The lowest BCUT2D eigenvalue weighted by Gasteiger charge is -2.04. The molecular formula is C18H13F2NO2S. The van der Waals surface area contributed by atoms with Gasteiger partial charge in [0.05, 0.1) is 10.2 Å². The van der Waals surface area contributed by atoms with Crippen LogP contribution >= 0.6 is 11.3 Å². The molecule has 3 nitrogen and oxygen atoms in total. The van der Waals surface area contributed by atoms with Crippen molar-refractivity contribution in [1.82, 2.24) is 4.98 Å². The number of aliphatic carboxylic acids is 1. The van der Waals surface area contributed by atoms with Gasteiger partial charge in [0, 0.05) is 6.42 Å². The normalized spacial score (nSPS) is 11.8. The van der Waals surface area contributed by atoms with Crippen molar-refractivity contribution >= 4 is 39.2 Å². The highest BCUT2D eigenvalue weighted by Gasteiger charge is 2.11. The van der Waals surface area contributed by atoms with Crippen molar-refractivity contribution in [2.45, 2.75) is 12.8 Å². The molecule has 0 bridgehead atoms. The fraction of sp³-hybridized carbons (Fsp3) is 0.111. The average Bonchev–Trinajstić information content (AvgIpc) is 2.98. The third-order valence-electron chi connectivity index (χ3n) is 3.46. The zero-order chi connectivity index (χ0) is 17.1. The van der Waals surface area contributed by atoms with E-state index in [0.717, 1.165) is 22.3 Å². The van der Waals surface area contributed by atoms with E-state index in [2.05, 4.69) is 4.98 Å². The molecule has 0 amide bonds. The topological polar surface area (TPSA) is 50.2 Å². The van der Waals surface area contributed by atoms with Crippen LogP contribution in [0.15, 0.2) is 42.5 Å². The van der Waals surface area contributed by atoms with Crippen LogP contribution < -0.4 is 0 Å². The maximum Gasteiger partial charge on any atom is 0.303 e. The van der Waals surface area contributed by atoms with Gasteiger partial charge in [-0.05, 0) is 47.9 Å². The molecule has 1 heterocycles. The highest BCUT2D eigenvalue weighted by Crippen LogP contribution is 2.31. The van der Waals surface area contributed by atoms with Gasteiger partial charge in [0.25, 0.3) is 0 Å². The molecule has 0 fully saturated rings. The Morgan fingerprint density at radius 3 is 2.62 bits per heavy atom. The first kappa shape index (κ1) is 16.3. The second-order valence-electron chi connectivity index (χ2n) is 5.22. The average molecular weight is 345 g/mol. The molecule has 0 spiro atoms. The zero-order valence-corrected chi connectivity index (χ0v) is 13.3. The Labute approximate surface area is 140 Å². The van der Waals surface area contributed by atoms with E-state index >= 15 is 0 Å². The minimum Gasteiger partial charge on any atom is -0.481 e. The van der Waals surface area contributed by atoms with Crippen molar-refractivity contribution in [3.63, 3.8) is 0 Å². The van der Waals surface area contributed by atoms with Crippen LogP contribution in [0, 0.1) is 11.6 Å². The lowest BCUT2D eigenvalue weighted by atomic mass is 10.1. The van der Waals surface area contributed by atoms with Crippen molar-refractivity contribution in [2.75, 3.05) is 0 Å². The monoisotopic (exact) mass is 345 g/mol. The van der Waals surface area contributed by atoms with Crippen LogP contribution in [-0.2, 0) is 4.79 Å². The molecule has 24 heavy (non-hydrogen) atoms. The van der Waals surface area contributed by atoms with E-state index in [1.807, 2.05) is 24.3 Å². The van der Waals surface area contributed by atoms with E-state index in [4.69, 9.17) is 5.11 Å². The quantitative estimate of drug-likeness (QED) is 0.709. The minimum absolute atomic E-state index is 0.0641. The molecule has 6 heteroatoms. The van der Waals surface area contributed by atoms with Gasteiger partial charge in [-0.2, -0.15) is 0 Å². The Bertz CT molecular complexity index is 901. The lowest BCUT2D eigenvalue weighted by Crippen LogP contribution is -1.95. The molecule has 0 unspecified atom stereocenters. The van der Waals surface area contributed by atoms with Gasteiger partial charge in [-0.15, -0.1) is 11.3 Å². The van der Waals surface area contributed by atoms with E-state index in [0.29, 0.717) is 16.1 Å². The number of carboxylic acids is 1. The summed E-state index contributed by atoms with van der Waals surface area (Å²) in [5.74, 6) is -2.78. The summed E-state index contributed by atoms with van der Waals surface area (Å²) in [5.41, 5.74) is 1.97. The van der Waals surface area contributed by atoms with Crippen LogP contribution in [0.25, 0.3) is 21.9 Å². The molecule has 3 rings (SSSR count). The SMILES string of the molecule is O=C(O)CC/C(=C\c1ccc(F)c(F)c1)c1nc2ccccc2s1. The predicted octanol–water partition coefficient (Wildman–Crippen LogP) is 4.98. The van der Waals surface area contributed by atoms with Gasteiger partial charge in [-0.25, -0.2) is 13.8 Å². The maximum absolute atomic E-state index is 13.4. The highest BCUT2D eigenvalue weighted by atomic mass is 32.1. The lowest BCUT2D eigenvalue weighted by molar-refractivity contribution is -0.136. The van der Waals surface area contributed by atoms with Gasteiger partial charge >= 0.3 is 5.97 Å². The van der Waals surface area contributed by atoms with Crippen LogP contribution in [0.4, 0.5) is 8.78 Å². The summed E-state index contributed by atoms with van der Waals surface area (Å²) < 4.78 is 27.5. The summed E-state index contributed by atoms with van der Waals surface area (Å²) in [4.78, 5) is 15.4. The Morgan fingerprint density at radius 2 is 1.92 bits per heavy atom. The number of hydrogen-bond acceptors (Lipinski definition) is 3. The van der Waals surface area contributed by atoms with Gasteiger partial charge in [-0.3, -0.25) is 4.79 Å². The van der Waals surface area contributed by atoms with Crippen molar-refractivity contribution in [1.29, 1.82) is 0 Å². The number of hydrogen-bond donors (Lipinski definition) is 1. The summed E-state index contributed by atoms with van der Waals surface area (Å²) in [6, 6.07) is 11.2. The summed E-state index contributed by atoms with van der Waals surface area (Å²) in [6.45, 7) is 0. The molecule has 0 saturated carbocycles. The fourth-order valence-electron chi connectivity index (χ4n) is 2.30. The molecule has 2 aromatic carbocycles. The van der Waals surface area contributed by atoms with Crippen molar-refractivity contribution in [2.24, 2.45) is 0 Å². The smallest absolute Gasteiger partial charge is 0.303 e. The van der Waals surface area contributed by atoms with Crippen LogP contribution in [0.2, 0.25) is 0 Å². The third-order valence-corrected chi connectivity index (χ3v) is 4.57. The largest absolute Gasteiger partial charge is 0.481 e. The molecule has 0 aliphatic heterocycles. The zero-order valence-electron chi connectivity index (χ0n) is 12.5. The number of carbonyl (C=O) groups is 1. The molecule has 0 atom stereocenters. The molecular weight excluding hydrogens is 332 g/mol. The first-order valence-electron chi connectivity index (χ1n) is 7.26. The number of benzene rings is 2. The van der Waals surface area contributed by atoms with E-state index in [-0.39, 0.29) is 12.8 Å². The molecule has 0 aliphatic rings. The fourth-order valence-corrected chi connectivity index (χ4v) is 3.30. The van der Waals surface area contributed by atoms with E-state index in [1.165, 1.54) is 17.4 Å². The number of thiazole rings is 1. The Hall–Kier alpha value is -2.60. The van der Waals surface area contributed by atoms with Gasteiger partial charge in [-0.1, -0.05) is 18.2 Å². The minimum atomic E-state index is -0.939. The number of fused-ring (bicyclic) bond motifs is 1. The van der Waals surface area contributed by atoms with E-state index in [9.17, 15) is 13.6 Å². The number of aromatic nitrogens is 1. The standard InChI is InChI=1S/C18H13F2NO2S/c19-13-7-5-11(10-14(13)20)9-12(6-8-17(22)23)18-21-15-3-1-2-4-16(15)24-18/h1-5,7,9-10H,6,8H2,(H,22,23)/b12-9+. The first-order chi connectivity index (χ1) is 11.5. The summed E-state index contributed by atoms with van der Waals surface area (Å²) in [6.07, 6.45) is 1.85. The summed E-state index contributed by atoms with van der Waals surface area (Å²) >= 11 is 1.44. The predicted molar refractivity (Wildman–Crippen MR) is 90.7 cm³/mol. The summed E-state index contributed by atoms with van der Waals surface area (Å²) in [7, 11) is 0. The maximum atomic E-state index is 13.4. The van der Waals surface area contributed by atoms with Gasteiger partial charge < -0.3 is 5.11 Å². The van der Waals surface area contributed by atoms with Gasteiger partial charge in [0.1, 0.15) is 5.01 Å². The van der Waals surface area contributed by atoms with E-state index in [1.54, 1.807) is 6.08 Å². The van der Waals surface area contributed by atoms with E-state index < -0.39 is 17.6 Å². The third kappa shape index (κ3) is 3.65. The Morgan fingerprint density at radius 1 is 1.12 bits per heavy atom. The van der Waals surface area contributed by atoms with Crippen LogP contribution in [-0.4, -0.2) is 16.1 Å². The highest BCUT2D eigenvalue weighted by molar-refractivity contribution is 7.19. The number of carboxylic acid groups (broad SMARTS) is 1. The van der Waals surface area contributed by atoms with Crippen LogP contribution in [0.5, 0.6) is 0 Å². The van der Waals surface area contributed by atoms with Crippen molar-refractivity contribution < 1.29 is 18.7 Å². The number of nitrogens with zero attached hydrogens (tertiary/aromatic N) is 1. The summed E-state index contributed by atoms with van der Waals surface area (Å²) in [5, 5.41) is 9.62. The molecule has 122 valence electrons. The Kier molecular flexibility index (Phi) is 4.66. The molecule has 1 N–H and O–H groups in total. The Balaban J connectivity index is 2.02. The molecule has 0 saturated heterocycles. The second-order valence-corrected chi connectivity index (χ2v) is 6.25. The first-order valence-corrected chi connectivity index (χ1v) is 8.08. The molecule has 0 radical (unpaired) electrons. The van der Waals surface area contributed by atoms with Crippen LogP contribution in [0.3, 0.4) is 0 Å².